The second-order valence-corrected chi connectivity index (χ2v) is 11.6. The SMILES string of the molecule is C#CCCCCc1ccc(-c2ccc(O)c3c2C[C@@H]2C[C@@H]4[C@@H](N(C)C)C(=O)C(C(N)=O)=C(O)[C@]4(O)C(=O)C2=C3O)cc1. The molecule has 9 nitrogen and oxygen atoms in total. The standard InChI is InChI=1S/C33H34N2O7/c1-4-5-6-7-8-17-9-11-18(12-10-17)20-13-14-23(36)25-21(20)15-19-16-22-27(35(2)3)29(38)26(32(34)41)31(40)33(22,42)30(39)24(19)28(25)37/h1,9-14,19,22,27,36-37,40,42H,5-8,15-16H2,2-3H3,(H2,34,41)/t19-,22-,27-,33-/m1/s1. The van der Waals surface area contributed by atoms with Gasteiger partial charge in [0.05, 0.1) is 11.6 Å². The predicted octanol–water partition coefficient (Wildman–Crippen LogP) is 2.98. The molecule has 9 heteroatoms. The zero-order valence-corrected chi connectivity index (χ0v) is 23.6. The molecule has 0 saturated heterocycles. The van der Waals surface area contributed by atoms with E-state index in [9.17, 15) is 34.8 Å². The van der Waals surface area contributed by atoms with Gasteiger partial charge in [-0.15, -0.1) is 12.3 Å². The largest absolute Gasteiger partial charge is 0.508 e. The number of phenolic OH excluding ortho intramolecular Hbond substituents is 1. The number of nitrogens with zero attached hydrogens (tertiary/aromatic N) is 1. The number of amides is 1. The second-order valence-electron chi connectivity index (χ2n) is 11.6. The zero-order valence-electron chi connectivity index (χ0n) is 23.6. The van der Waals surface area contributed by atoms with Crippen molar-refractivity contribution < 1.29 is 34.8 Å². The first-order valence-corrected chi connectivity index (χ1v) is 14.0. The molecule has 0 aromatic heterocycles. The van der Waals surface area contributed by atoms with Crippen LogP contribution in [0.25, 0.3) is 16.9 Å². The van der Waals surface area contributed by atoms with Gasteiger partial charge < -0.3 is 26.2 Å². The molecule has 0 unspecified atom stereocenters. The number of benzene rings is 2. The van der Waals surface area contributed by atoms with Crippen LogP contribution in [0.5, 0.6) is 5.75 Å². The summed E-state index contributed by atoms with van der Waals surface area (Å²) in [5, 5.41) is 45.0. The van der Waals surface area contributed by atoms with Crippen LogP contribution in [0.2, 0.25) is 0 Å². The average Bonchev–Trinajstić information content (AvgIpc) is 2.93. The Morgan fingerprint density at radius 3 is 2.40 bits per heavy atom. The quantitative estimate of drug-likeness (QED) is 0.193. The van der Waals surface area contributed by atoms with E-state index < -0.39 is 58.0 Å². The highest BCUT2D eigenvalue weighted by molar-refractivity contribution is 6.24. The number of aromatic hydroxyl groups is 1. The summed E-state index contributed by atoms with van der Waals surface area (Å²) in [6.07, 6.45) is 9.16. The average molecular weight is 571 g/mol. The number of Topliss-reactive ketones (excluding diaryl/α,β-unsaturated/α-hetero) is 2. The van der Waals surface area contributed by atoms with E-state index >= 15 is 0 Å². The number of primary amides is 1. The molecular formula is C33H34N2O7. The summed E-state index contributed by atoms with van der Waals surface area (Å²) in [4.78, 5) is 40.9. The summed E-state index contributed by atoms with van der Waals surface area (Å²) >= 11 is 0. The number of phenols is 1. The number of rotatable bonds is 7. The van der Waals surface area contributed by atoms with Crippen molar-refractivity contribution in [3.8, 4) is 29.2 Å². The van der Waals surface area contributed by atoms with Crippen molar-refractivity contribution in [2.45, 2.75) is 50.2 Å². The second kappa shape index (κ2) is 10.8. The Labute approximate surface area is 244 Å². The van der Waals surface area contributed by atoms with Gasteiger partial charge >= 0.3 is 0 Å². The number of carbonyl (C=O) groups excluding carboxylic acids is 3. The molecule has 3 aliphatic rings. The van der Waals surface area contributed by atoms with Gasteiger partial charge in [0.15, 0.2) is 11.4 Å². The molecule has 0 heterocycles. The third-order valence-corrected chi connectivity index (χ3v) is 8.91. The minimum Gasteiger partial charge on any atom is -0.508 e. The van der Waals surface area contributed by atoms with Crippen molar-refractivity contribution in [2.24, 2.45) is 17.6 Å². The number of aliphatic hydroxyl groups is 3. The minimum absolute atomic E-state index is 0.0391. The number of ketones is 2. The highest BCUT2D eigenvalue weighted by atomic mass is 16.3. The fourth-order valence-corrected chi connectivity index (χ4v) is 6.92. The third-order valence-electron chi connectivity index (χ3n) is 8.91. The van der Waals surface area contributed by atoms with Gasteiger partial charge in [0.1, 0.15) is 22.8 Å². The van der Waals surface area contributed by atoms with Crippen LogP contribution in [0.1, 0.15) is 42.4 Å². The molecule has 2 aromatic carbocycles. The number of hydrogen-bond donors (Lipinski definition) is 5. The number of terminal acetylenes is 1. The van der Waals surface area contributed by atoms with E-state index in [0.717, 1.165) is 42.4 Å². The van der Waals surface area contributed by atoms with Crippen LogP contribution in [0, 0.1) is 24.2 Å². The maximum Gasteiger partial charge on any atom is 0.255 e. The number of likely N-dealkylation sites (N-methyl/N-ethyl adjacent to an activating group) is 1. The lowest BCUT2D eigenvalue weighted by Gasteiger charge is -2.50. The zero-order chi connectivity index (χ0) is 30.5. The first-order valence-electron chi connectivity index (χ1n) is 14.0. The van der Waals surface area contributed by atoms with Gasteiger partial charge in [0.2, 0.25) is 5.78 Å². The van der Waals surface area contributed by atoms with E-state index in [2.05, 4.69) is 5.92 Å². The van der Waals surface area contributed by atoms with Crippen LogP contribution >= 0.6 is 0 Å². The molecule has 0 radical (unpaired) electrons. The Kier molecular flexibility index (Phi) is 7.48. The van der Waals surface area contributed by atoms with Gasteiger partial charge in [-0.1, -0.05) is 30.3 Å². The monoisotopic (exact) mass is 570 g/mol. The highest BCUT2D eigenvalue weighted by Crippen LogP contribution is 2.53. The molecule has 3 aliphatic carbocycles. The molecule has 5 rings (SSSR count). The Morgan fingerprint density at radius 1 is 1.10 bits per heavy atom. The van der Waals surface area contributed by atoms with E-state index in [1.54, 1.807) is 20.2 Å². The van der Waals surface area contributed by atoms with Gasteiger partial charge in [-0.2, -0.15) is 0 Å². The topological polar surface area (TPSA) is 161 Å². The van der Waals surface area contributed by atoms with Crippen LogP contribution in [-0.2, 0) is 27.2 Å². The molecule has 1 amide bonds. The summed E-state index contributed by atoms with van der Waals surface area (Å²) in [6.45, 7) is 0. The molecule has 218 valence electrons. The fraction of sp³-hybridized carbons (Fsp3) is 0.364. The minimum atomic E-state index is -2.66. The van der Waals surface area contributed by atoms with Crippen LogP contribution in [-0.4, -0.2) is 68.5 Å². The molecule has 42 heavy (non-hydrogen) atoms. The van der Waals surface area contributed by atoms with Crippen molar-refractivity contribution in [3.63, 3.8) is 0 Å². The lowest BCUT2D eigenvalue weighted by Crippen LogP contribution is -2.65. The fourth-order valence-electron chi connectivity index (χ4n) is 6.92. The molecule has 4 atom stereocenters. The number of aryl methyl sites for hydroxylation is 1. The van der Waals surface area contributed by atoms with Gasteiger partial charge in [0.25, 0.3) is 5.91 Å². The van der Waals surface area contributed by atoms with Crippen LogP contribution in [0.15, 0.2) is 53.3 Å². The van der Waals surface area contributed by atoms with E-state index in [0.29, 0.717) is 5.56 Å². The number of nitrogens with two attached hydrogens (primary N) is 1. The molecule has 0 spiro atoms. The maximum atomic E-state index is 14.0. The third kappa shape index (κ3) is 4.39. The van der Waals surface area contributed by atoms with Crippen molar-refractivity contribution in [3.05, 3.63) is 70.0 Å². The number of aliphatic hydroxyl groups excluding tert-OH is 2. The van der Waals surface area contributed by atoms with Gasteiger partial charge in [-0.05, 0) is 80.4 Å². The lowest BCUT2D eigenvalue weighted by molar-refractivity contribution is -0.153. The Hall–Kier alpha value is -4.39. The van der Waals surface area contributed by atoms with Crippen molar-refractivity contribution in [1.82, 2.24) is 4.90 Å². The molecule has 0 aliphatic heterocycles. The number of carbonyl (C=O) groups is 3. The number of fused-ring (bicyclic) bond motifs is 3. The Bertz CT molecular complexity index is 1600. The van der Waals surface area contributed by atoms with E-state index in [-0.39, 0.29) is 29.7 Å². The summed E-state index contributed by atoms with van der Waals surface area (Å²) in [7, 11) is 3.14. The van der Waals surface area contributed by atoms with Crippen molar-refractivity contribution in [2.75, 3.05) is 14.1 Å². The summed E-state index contributed by atoms with van der Waals surface area (Å²) < 4.78 is 0. The van der Waals surface area contributed by atoms with Crippen LogP contribution in [0.4, 0.5) is 0 Å². The van der Waals surface area contributed by atoms with Crippen molar-refractivity contribution in [1.29, 1.82) is 0 Å². The Morgan fingerprint density at radius 2 is 1.79 bits per heavy atom. The highest BCUT2D eigenvalue weighted by Gasteiger charge is 2.64. The van der Waals surface area contributed by atoms with E-state index in [4.69, 9.17) is 12.2 Å². The predicted molar refractivity (Wildman–Crippen MR) is 156 cm³/mol. The molecule has 2 aromatic rings. The lowest BCUT2D eigenvalue weighted by atomic mass is 9.57. The number of unbranched alkanes of at least 4 members (excludes halogenated alkanes) is 2. The first kappa shape index (κ1) is 29.1. The maximum absolute atomic E-state index is 14.0. The smallest absolute Gasteiger partial charge is 0.255 e. The van der Waals surface area contributed by atoms with Gasteiger partial charge in [0, 0.05) is 17.9 Å². The Balaban J connectivity index is 1.60. The molecular weight excluding hydrogens is 536 g/mol. The molecule has 1 saturated carbocycles. The molecule has 6 N–H and O–H groups in total. The van der Waals surface area contributed by atoms with Crippen molar-refractivity contribution >= 4 is 23.2 Å². The van der Waals surface area contributed by atoms with Gasteiger partial charge in [-0.25, -0.2) is 0 Å². The molecule has 0 bridgehead atoms. The van der Waals surface area contributed by atoms with Gasteiger partial charge in [-0.3, -0.25) is 19.3 Å². The normalized spacial score (nSPS) is 25.2. The van der Waals surface area contributed by atoms with Crippen LogP contribution < -0.4 is 5.73 Å². The van der Waals surface area contributed by atoms with Crippen LogP contribution in [0.3, 0.4) is 0 Å². The number of hydrogen-bond acceptors (Lipinski definition) is 8. The summed E-state index contributed by atoms with van der Waals surface area (Å²) in [5.41, 5.74) is 5.20. The first-order chi connectivity index (χ1) is 19.9. The van der Waals surface area contributed by atoms with E-state index in [1.165, 1.54) is 11.0 Å². The summed E-state index contributed by atoms with van der Waals surface area (Å²) in [5.74, 6) is -4.03. The summed E-state index contributed by atoms with van der Waals surface area (Å²) in [6, 6.07) is 10.1. The van der Waals surface area contributed by atoms with E-state index in [1.807, 2.05) is 24.3 Å². The molecule has 1 fully saturated rings.